The van der Waals surface area contributed by atoms with Crippen molar-refractivity contribution in [1.82, 2.24) is 25.0 Å². The molecular formula is C16H10FN5. The maximum Gasteiger partial charge on any atom is 0.205 e. The van der Waals surface area contributed by atoms with E-state index in [-0.39, 0.29) is 5.82 Å². The average molecular weight is 291 g/mol. The molecule has 4 rings (SSSR count). The highest BCUT2D eigenvalue weighted by atomic mass is 19.1. The van der Waals surface area contributed by atoms with Crippen molar-refractivity contribution < 1.29 is 4.39 Å². The van der Waals surface area contributed by atoms with E-state index in [0.717, 1.165) is 16.6 Å². The summed E-state index contributed by atoms with van der Waals surface area (Å²) in [7, 11) is 0. The monoisotopic (exact) mass is 291 g/mol. The number of rotatable bonds is 2. The maximum absolute atomic E-state index is 12.9. The third-order valence-corrected chi connectivity index (χ3v) is 3.35. The zero-order chi connectivity index (χ0) is 14.9. The molecule has 0 bridgehead atoms. The van der Waals surface area contributed by atoms with Crippen LogP contribution in [0.1, 0.15) is 11.3 Å². The van der Waals surface area contributed by atoms with E-state index in [1.54, 1.807) is 16.6 Å². The van der Waals surface area contributed by atoms with Gasteiger partial charge in [-0.1, -0.05) is 30.3 Å². The van der Waals surface area contributed by atoms with E-state index in [9.17, 15) is 4.39 Å². The smallest absolute Gasteiger partial charge is 0.205 e. The summed E-state index contributed by atoms with van der Waals surface area (Å²) in [5.41, 5.74) is 3.77. The first-order valence-electron chi connectivity index (χ1n) is 6.72. The van der Waals surface area contributed by atoms with E-state index < -0.39 is 0 Å². The third kappa shape index (κ3) is 2.10. The van der Waals surface area contributed by atoms with Gasteiger partial charge in [0.15, 0.2) is 0 Å². The van der Waals surface area contributed by atoms with Gasteiger partial charge < -0.3 is 0 Å². The van der Waals surface area contributed by atoms with Crippen LogP contribution in [0.15, 0.2) is 48.5 Å². The lowest BCUT2D eigenvalue weighted by Gasteiger charge is -2.01. The van der Waals surface area contributed by atoms with E-state index in [4.69, 9.17) is 0 Å². The lowest BCUT2D eigenvalue weighted by molar-refractivity contribution is 0.628. The van der Waals surface area contributed by atoms with Crippen molar-refractivity contribution in [3.8, 4) is 0 Å². The molecular weight excluding hydrogens is 281 g/mol. The number of aromatic nitrogens is 5. The van der Waals surface area contributed by atoms with Gasteiger partial charge in [-0.25, -0.2) is 9.37 Å². The van der Waals surface area contributed by atoms with Gasteiger partial charge in [0.2, 0.25) is 5.65 Å². The first-order chi connectivity index (χ1) is 10.8. The highest BCUT2D eigenvalue weighted by Crippen LogP contribution is 2.17. The molecule has 2 heterocycles. The Morgan fingerprint density at radius 1 is 0.955 bits per heavy atom. The Hall–Kier alpha value is -3.15. The second-order valence-electron chi connectivity index (χ2n) is 4.78. The van der Waals surface area contributed by atoms with Gasteiger partial charge in [0, 0.05) is 0 Å². The number of hydrogen-bond acceptors (Lipinski definition) is 4. The van der Waals surface area contributed by atoms with Crippen LogP contribution in [0.3, 0.4) is 0 Å². The maximum atomic E-state index is 12.9. The minimum atomic E-state index is -0.259. The van der Waals surface area contributed by atoms with Crippen LogP contribution in [0.2, 0.25) is 0 Å². The minimum absolute atomic E-state index is 0.259. The van der Waals surface area contributed by atoms with Crippen molar-refractivity contribution in [3.63, 3.8) is 0 Å². The molecule has 0 N–H and O–H groups in total. The molecule has 2 aromatic heterocycles. The fourth-order valence-electron chi connectivity index (χ4n) is 2.29. The summed E-state index contributed by atoms with van der Waals surface area (Å²) in [5.74, 6) is -0.259. The van der Waals surface area contributed by atoms with Gasteiger partial charge in [-0.2, -0.15) is 4.52 Å². The Morgan fingerprint density at radius 3 is 2.64 bits per heavy atom. The van der Waals surface area contributed by atoms with Crippen LogP contribution in [0, 0.1) is 5.82 Å². The van der Waals surface area contributed by atoms with Gasteiger partial charge in [-0.05, 0) is 46.3 Å². The van der Waals surface area contributed by atoms with Crippen molar-refractivity contribution in [3.05, 3.63) is 65.6 Å². The molecule has 0 atom stereocenters. The number of fused-ring (bicyclic) bond motifs is 3. The molecule has 106 valence electrons. The first kappa shape index (κ1) is 12.6. The van der Waals surface area contributed by atoms with Gasteiger partial charge >= 0.3 is 0 Å². The average Bonchev–Trinajstić information content (AvgIpc) is 3.04. The molecule has 4 aromatic rings. The highest BCUT2D eigenvalue weighted by molar-refractivity contribution is 5.82. The van der Waals surface area contributed by atoms with Gasteiger partial charge in [0.05, 0.1) is 11.0 Å². The van der Waals surface area contributed by atoms with E-state index >= 15 is 0 Å². The summed E-state index contributed by atoms with van der Waals surface area (Å²) >= 11 is 0. The Kier molecular flexibility index (Phi) is 2.86. The van der Waals surface area contributed by atoms with Crippen LogP contribution in [0.5, 0.6) is 0 Å². The zero-order valence-electron chi connectivity index (χ0n) is 11.4. The molecule has 0 unspecified atom stereocenters. The number of hydrogen-bond donors (Lipinski definition) is 0. The fourth-order valence-corrected chi connectivity index (χ4v) is 2.29. The standard InChI is InChI=1S/C16H10FN5/c17-12-8-5-11(6-9-12)7-10-14-16-19-20-21-22(16)15-4-2-1-3-13(15)18-14/h1-10H/b10-7+. The summed E-state index contributed by atoms with van der Waals surface area (Å²) in [6.45, 7) is 0. The predicted octanol–water partition coefficient (Wildman–Crippen LogP) is 2.98. The Labute approximate surface area is 124 Å². The minimum Gasteiger partial charge on any atom is -0.243 e. The largest absolute Gasteiger partial charge is 0.243 e. The quantitative estimate of drug-likeness (QED) is 0.569. The van der Waals surface area contributed by atoms with Gasteiger partial charge in [-0.15, -0.1) is 5.10 Å². The van der Waals surface area contributed by atoms with Crippen LogP contribution < -0.4 is 0 Å². The summed E-state index contributed by atoms with van der Waals surface area (Å²) in [6.07, 6.45) is 3.68. The van der Waals surface area contributed by atoms with Gasteiger partial charge in [-0.3, -0.25) is 0 Å². The van der Waals surface area contributed by atoms with Gasteiger partial charge in [0.1, 0.15) is 11.5 Å². The van der Waals surface area contributed by atoms with Crippen LogP contribution in [-0.4, -0.2) is 25.0 Å². The molecule has 0 radical (unpaired) electrons. The number of nitrogens with zero attached hydrogens (tertiary/aromatic N) is 5. The molecule has 0 aliphatic rings. The van der Waals surface area contributed by atoms with Crippen molar-refractivity contribution in [2.75, 3.05) is 0 Å². The molecule has 0 aliphatic carbocycles. The Bertz CT molecular complexity index is 988. The molecule has 0 spiro atoms. The number of benzene rings is 2. The Balaban J connectivity index is 1.86. The first-order valence-corrected chi connectivity index (χ1v) is 6.72. The molecule has 0 saturated heterocycles. The predicted molar refractivity (Wildman–Crippen MR) is 81.4 cm³/mol. The van der Waals surface area contributed by atoms with E-state index in [0.29, 0.717) is 11.3 Å². The third-order valence-electron chi connectivity index (χ3n) is 3.35. The fraction of sp³-hybridized carbons (Fsp3) is 0. The van der Waals surface area contributed by atoms with Crippen molar-refractivity contribution in [2.45, 2.75) is 0 Å². The SMILES string of the molecule is Fc1ccc(/C=C/c2nc3ccccc3n3nnnc23)cc1. The highest BCUT2D eigenvalue weighted by Gasteiger charge is 2.08. The molecule has 0 saturated carbocycles. The van der Waals surface area contributed by atoms with Crippen LogP contribution >= 0.6 is 0 Å². The van der Waals surface area contributed by atoms with Crippen molar-refractivity contribution in [2.24, 2.45) is 0 Å². The summed E-state index contributed by atoms with van der Waals surface area (Å²) < 4.78 is 14.6. The summed E-state index contributed by atoms with van der Waals surface area (Å²) in [4.78, 5) is 4.58. The van der Waals surface area contributed by atoms with Crippen LogP contribution in [0.25, 0.3) is 28.8 Å². The lowest BCUT2D eigenvalue weighted by Crippen LogP contribution is -1.96. The summed E-state index contributed by atoms with van der Waals surface area (Å²) in [5, 5.41) is 11.7. The molecule has 0 aliphatic heterocycles. The molecule has 6 heteroatoms. The lowest BCUT2D eigenvalue weighted by atomic mass is 10.2. The number of tetrazole rings is 1. The van der Waals surface area contributed by atoms with Crippen molar-refractivity contribution >= 4 is 28.8 Å². The van der Waals surface area contributed by atoms with E-state index in [2.05, 4.69) is 20.5 Å². The number of para-hydroxylation sites is 2. The number of halogens is 1. The molecule has 2 aromatic carbocycles. The normalized spacial score (nSPS) is 11.7. The zero-order valence-corrected chi connectivity index (χ0v) is 11.4. The Morgan fingerprint density at radius 2 is 1.77 bits per heavy atom. The molecule has 5 nitrogen and oxygen atoms in total. The molecule has 0 amide bonds. The van der Waals surface area contributed by atoms with Gasteiger partial charge in [0.25, 0.3) is 0 Å². The van der Waals surface area contributed by atoms with Crippen LogP contribution in [-0.2, 0) is 0 Å². The second kappa shape index (κ2) is 5.00. The topological polar surface area (TPSA) is 56.0 Å². The van der Waals surface area contributed by atoms with E-state index in [1.165, 1.54) is 12.1 Å². The second-order valence-corrected chi connectivity index (χ2v) is 4.78. The molecule has 22 heavy (non-hydrogen) atoms. The molecule has 0 fully saturated rings. The summed E-state index contributed by atoms with van der Waals surface area (Å²) in [6, 6.07) is 13.9. The van der Waals surface area contributed by atoms with E-state index in [1.807, 2.05) is 36.4 Å². The van der Waals surface area contributed by atoms with Crippen LogP contribution in [0.4, 0.5) is 4.39 Å². The van der Waals surface area contributed by atoms with Crippen molar-refractivity contribution in [1.29, 1.82) is 0 Å².